The summed E-state index contributed by atoms with van der Waals surface area (Å²) in [7, 11) is 0. The smallest absolute Gasteiger partial charge is 0.123 e. The molecule has 1 atom stereocenters. The van der Waals surface area contributed by atoms with Crippen LogP contribution in [0.3, 0.4) is 0 Å². The minimum atomic E-state index is -0.144. The maximum Gasteiger partial charge on any atom is 0.123 e. The quantitative estimate of drug-likeness (QED) is 0.782. The summed E-state index contributed by atoms with van der Waals surface area (Å²) >= 11 is 0. The Morgan fingerprint density at radius 3 is 2.27 bits per heavy atom. The summed E-state index contributed by atoms with van der Waals surface area (Å²) in [6.07, 6.45) is 5.80. The van der Waals surface area contributed by atoms with Crippen LogP contribution in [0.4, 0.5) is 4.39 Å². The fraction of sp³-hybridized carbons (Fsp3) is 0.391. The predicted molar refractivity (Wildman–Crippen MR) is 104 cm³/mol. The third kappa shape index (κ3) is 4.16. The first kappa shape index (κ1) is 17.3. The van der Waals surface area contributed by atoms with Crippen molar-refractivity contribution in [2.75, 3.05) is 26.2 Å². The van der Waals surface area contributed by atoms with E-state index in [9.17, 15) is 4.39 Å². The van der Waals surface area contributed by atoms with Crippen LogP contribution in [0, 0.1) is 5.82 Å². The lowest BCUT2D eigenvalue weighted by Crippen LogP contribution is -2.45. The average molecular weight is 350 g/mol. The molecule has 0 aromatic heterocycles. The van der Waals surface area contributed by atoms with Crippen LogP contribution in [-0.4, -0.2) is 36.0 Å². The van der Waals surface area contributed by atoms with E-state index in [1.165, 1.54) is 23.2 Å². The number of piperazine rings is 1. The second-order valence-electron chi connectivity index (χ2n) is 7.47. The Labute approximate surface area is 155 Å². The highest BCUT2D eigenvalue weighted by Gasteiger charge is 2.23. The van der Waals surface area contributed by atoms with Gasteiger partial charge in [-0.3, -0.25) is 4.90 Å². The molecule has 0 radical (unpaired) electrons. The molecule has 26 heavy (non-hydrogen) atoms. The van der Waals surface area contributed by atoms with Crippen molar-refractivity contribution in [2.24, 2.45) is 0 Å². The minimum Gasteiger partial charge on any atom is -0.373 e. The number of hydrogen-bond donors (Lipinski definition) is 0. The van der Waals surface area contributed by atoms with Crippen LogP contribution >= 0.6 is 0 Å². The predicted octanol–water partition coefficient (Wildman–Crippen LogP) is 4.79. The van der Waals surface area contributed by atoms with Gasteiger partial charge in [-0.15, -0.1) is 0 Å². The fourth-order valence-corrected chi connectivity index (χ4v) is 4.18. The average Bonchev–Trinajstić information content (AvgIpc) is 2.70. The summed E-state index contributed by atoms with van der Waals surface area (Å²) in [6, 6.07) is 17.8. The molecule has 1 fully saturated rings. The van der Waals surface area contributed by atoms with Crippen molar-refractivity contribution in [2.45, 2.75) is 31.7 Å². The normalized spacial score (nSPS) is 21.5. The van der Waals surface area contributed by atoms with Gasteiger partial charge in [0.1, 0.15) is 5.82 Å². The third-order valence-corrected chi connectivity index (χ3v) is 5.76. The van der Waals surface area contributed by atoms with Crippen molar-refractivity contribution in [3.8, 4) is 0 Å². The summed E-state index contributed by atoms with van der Waals surface area (Å²) < 4.78 is 13.1. The molecule has 3 heteroatoms. The van der Waals surface area contributed by atoms with E-state index in [-0.39, 0.29) is 5.82 Å². The zero-order valence-electron chi connectivity index (χ0n) is 15.3. The SMILES string of the molecule is Fc1ccc(C2CC=C(N3CCN(Cc4ccccc4)CC3)CC2)cc1. The van der Waals surface area contributed by atoms with Crippen LogP contribution in [-0.2, 0) is 6.54 Å². The molecule has 136 valence electrons. The zero-order chi connectivity index (χ0) is 17.8. The van der Waals surface area contributed by atoms with E-state index < -0.39 is 0 Å². The molecule has 4 rings (SSSR count). The maximum atomic E-state index is 13.1. The molecule has 1 heterocycles. The van der Waals surface area contributed by atoms with Crippen molar-refractivity contribution >= 4 is 0 Å². The molecular weight excluding hydrogens is 323 g/mol. The number of allylic oxidation sites excluding steroid dienone is 2. The molecule has 1 unspecified atom stereocenters. The Morgan fingerprint density at radius 1 is 0.885 bits per heavy atom. The highest BCUT2D eigenvalue weighted by Crippen LogP contribution is 2.33. The summed E-state index contributed by atoms with van der Waals surface area (Å²) in [5.74, 6) is 0.396. The van der Waals surface area contributed by atoms with Gasteiger partial charge >= 0.3 is 0 Å². The molecular formula is C23H27FN2. The lowest BCUT2D eigenvalue weighted by atomic mass is 9.86. The van der Waals surface area contributed by atoms with Gasteiger partial charge in [-0.1, -0.05) is 48.5 Å². The van der Waals surface area contributed by atoms with E-state index in [0.717, 1.165) is 45.6 Å². The van der Waals surface area contributed by atoms with E-state index in [2.05, 4.69) is 46.2 Å². The number of halogens is 1. The van der Waals surface area contributed by atoms with Crippen molar-refractivity contribution in [1.29, 1.82) is 0 Å². The van der Waals surface area contributed by atoms with E-state index >= 15 is 0 Å². The molecule has 2 aliphatic rings. The molecule has 2 aromatic carbocycles. The molecule has 2 aromatic rings. The molecule has 1 saturated heterocycles. The van der Waals surface area contributed by atoms with Crippen LogP contribution in [0.5, 0.6) is 0 Å². The van der Waals surface area contributed by atoms with Crippen LogP contribution in [0.25, 0.3) is 0 Å². The van der Waals surface area contributed by atoms with Crippen molar-refractivity contribution in [3.05, 3.63) is 83.3 Å². The highest BCUT2D eigenvalue weighted by atomic mass is 19.1. The van der Waals surface area contributed by atoms with Crippen LogP contribution in [0.1, 0.15) is 36.3 Å². The Hall–Kier alpha value is -2.13. The lowest BCUT2D eigenvalue weighted by Gasteiger charge is -2.39. The number of benzene rings is 2. The van der Waals surface area contributed by atoms with Gasteiger partial charge in [0.2, 0.25) is 0 Å². The topological polar surface area (TPSA) is 6.48 Å². The van der Waals surface area contributed by atoms with Gasteiger partial charge in [0.25, 0.3) is 0 Å². The largest absolute Gasteiger partial charge is 0.373 e. The first-order valence-electron chi connectivity index (χ1n) is 9.73. The van der Waals surface area contributed by atoms with E-state index in [0.29, 0.717) is 5.92 Å². The first-order chi connectivity index (χ1) is 12.8. The molecule has 1 aliphatic carbocycles. The molecule has 0 spiro atoms. The van der Waals surface area contributed by atoms with Gasteiger partial charge < -0.3 is 4.90 Å². The van der Waals surface area contributed by atoms with Gasteiger partial charge in [-0.2, -0.15) is 0 Å². The Kier molecular flexibility index (Phi) is 5.35. The number of hydrogen-bond acceptors (Lipinski definition) is 2. The third-order valence-electron chi connectivity index (χ3n) is 5.76. The highest BCUT2D eigenvalue weighted by molar-refractivity contribution is 5.24. The van der Waals surface area contributed by atoms with Crippen molar-refractivity contribution in [1.82, 2.24) is 9.80 Å². The Bertz CT molecular complexity index is 731. The van der Waals surface area contributed by atoms with Gasteiger partial charge in [0, 0.05) is 38.4 Å². The minimum absolute atomic E-state index is 0.144. The fourth-order valence-electron chi connectivity index (χ4n) is 4.18. The number of nitrogens with zero attached hydrogens (tertiary/aromatic N) is 2. The van der Waals surface area contributed by atoms with Crippen molar-refractivity contribution < 1.29 is 4.39 Å². The molecule has 0 amide bonds. The first-order valence-corrected chi connectivity index (χ1v) is 9.73. The second kappa shape index (κ2) is 8.05. The van der Waals surface area contributed by atoms with E-state index in [1.807, 2.05) is 12.1 Å². The second-order valence-corrected chi connectivity index (χ2v) is 7.47. The van der Waals surface area contributed by atoms with Crippen LogP contribution in [0.15, 0.2) is 66.4 Å². The monoisotopic (exact) mass is 350 g/mol. The Balaban J connectivity index is 1.29. The van der Waals surface area contributed by atoms with E-state index in [1.54, 1.807) is 12.1 Å². The van der Waals surface area contributed by atoms with E-state index in [4.69, 9.17) is 0 Å². The standard InChI is InChI=1S/C23H27FN2/c24-22-10-6-20(7-11-22)21-8-12-23(13-9-21)26-16-14-25(15-17-26)18-19-4-2-1-3-5-19/h1-7,10-12,21H,8-9,13-18H2. The summed E-state index contributed by atoms with van der Waals surface area (Å²) in [4.78, 5) is 5.12. The summed E-state index contributed by atoms with van der Waals surface area (Å²) in [5, 5.41) is 0. The zero-order valence-corrected chi connectivity index (χ0v) is 15.3. The summed E-state index contributed by atoms with van der Waals surface area (Å²) in [6.45, 7) is 5.57. The van der Waals surface area contributed by atoms with Gasteiger partial charge in [0.05, 0.1) is 0 Å². The molecule has 1 aliphatic heterocycles. The Morgan fingerprint density at radius 2 is 1.62 bits per heavy atom. The van der Waals surface area contributed by atoms with Crippen molar-refractivity contribution in [3.63, 3.8) is 0 Å². The maximum absolute atomic E-state index is 13.1. The van der Waals surface area contributed by atoms with Gasteiger partial charge in [0.15, 0.2) is 0 Å². The summed E-state index contributed by atoms with van der Waals surface area (Å²) in [5.41, 5.74) is 4.19. The molecule has 0 bridgehead atoms. The lowest BCUT2D eigenvalue weighted by molar-refractivity contribution is 0.147. The van der Waals surface area contributed by atoms with Gasteiger partial charge in [-0.25, -0.2) is 4.39 Å². The number of rotatable bonds is 4. The van der Waals surface area contributed by atoms with Crippen LogP contribution < -0.4 is 0 Å². The van der Waals surface area contributed by atoms with Gasteiger partial charge in [-0.05, 0) is 48.4 Å². The molecule has 0 N–H and O–H groups in total. The molecule has 2 nitrogen and oxygen atoms in total. The molecule has 0 saturated carbocycles. The van der Waals surface area contributed by atoms with Crippen LogP contribution in [0.2, 0.25) is 0 Å².